The molecule has 0 saturated carbocycles. The fraction of sp³-hybridized carbons (Fsp3) is 0. The first-order valence-corrected chi connectivity index (χ1v) is 3.67. The number of carbonyl (C=O) groups is 1. The number of carboxylic acid groups (broad SMARTS) is 1. The van der Waals surface area contributed by atoms with Gasteiger partial charge in [0.1, 0.15) is 24.5 Å². The Bertz CT molecular complexity index is 453. The maximum atomic E-state index is 10.8. The molecule has 7 nitrogen and oxygen atoms in total. The number of hydrogen-bond donors (Lipinski definition) is 1. The lowest BCUT2D eigenvalue weighted by molar-refractivity contribution is 0.0696. The highest BCUT2D eigenvalue weighted by atomic mass is 16.4. The molecule has 2 aromatic heterocycles. The number of aromatic nitrogens is 5. The Labute approximate surface area is 78.1 Å². The van der Waals surface area contributed by atoms with Crippen molar-refractivity contribution in [2.24, 2.45) is 0 Å². The molecule has 14 heavy (non-hydrogen) atoms. The van der Waals surface area contributed by atoms with Crippen LogP contribution in [0.1, 0.15) is 10.4 Å². The Kier molecular flexibility index (Phi) is 1.90. The van der Waals surface area contributed by atoms with Gasteiger partial charge in [0.2, 0.25) is 0 Å². The van der Waals surface area contributed by atoms with Gasteiger partial charge in [0.25, 0.3) is 0 Å². The summed E-state index contributed by atoms with van der Waals surface area (Å²) in [4.78, 5) is 21.9. The number of hydrogen-bond acceptors (Lipinski definition) is 5. The third kappa shape index (κ3) is 1.30. The summed E-state index contributed by atoms with van der Waals surface area (Å²) >= 11 is 0. The molecule has 0 radical (unpaired) electrons. The van der Waals surface area contributed by atoms with Crippen molar-refractivity contribution < 1.29 is 9.90 Å². The van der Waals surface area contributed by atoms with Crippen molar-refractivity contribution >= 4 is 5.97 Å². The Morgan fingerprint density at radius 1 is 1.36 bits per heavy atom. The van der Waals surface area contributed by atoms with Crippen molar-refractivity contribution in [3.8, 4) is 5.82 Å². The highest BCUT2D eigenvalue weighted by molar-refractivity contribution is 5.90. The molecule has 2 aromatic rings. The molecule has 2 rings (SSSR count). The fourth-order valence-corrected chi connectivity index (χ4v) is 0.974. The van der Waals surface area contributed by atoms with Crippen LogP contribution in [0.3, 0.4) is 0 Å². The van der Waals surface area contributed by atoms with Crippen molar-refractivity contribution in [1.82, 2.24) is 24.7 Å². The van der Waals surface area contributed by atoms with E-state index >= 15 is 0 Å². The molecule has 70 valence electrons. The molecule has 1 N–H and O–H groups in total. The van der Waals surface area contributed by atoms with Gasteiger partial charge in [-0.3, -0.25) is 0 Å². The summed E-state index contributed by atoms with van der Waals surface area (Å²) in [6, 6.07) is 0. The third-order valence-electron chi connectivity index (χ3n) is 1.56. The molecule has 0 aliphatic rings. The zero-order chi connectivity index (χ0) is 9.97. The minimum absolute atomic E-state index is 0.0157. The lowest BCUT2D eigenvalue weighted by Gasteiger charge is -2.01. The average Bonchev–Trinajstić information content (AvgIpc) is 2.70. The van der Waals surface area contributed by atoms with Crippen LogP contribution in [0.25, 0.3) is 5.82 Å². The van der Waals surface area contributed by atoms with Gasteiger partial charge in [0.15, 0.2) is 5.82 Å². The van der Waals surface area contributed by atoms with Gasteiger partial charge in [-0.1, -0.05) is 0 Å². The second kappa shape index (κ2) is 3.21. The van der Waals surface area contributed by atoms with Crippen LogP contribution in [-0.4, -0.2) is 35.8 Å². The first kappa shape index (κ1) is 8.30. The zero-order valence-electron chi connectivity index (χ0n) is 6.90. The van der Waals surface area contributed by atoms with Crippen LogP contribution in [0, 0.1) is 0 Å². The second-order valence-corrected chi connectivity index (χ2v) is 2.41. The molecule has 0 aliphatic carbocycles. The van der Waals surface area contributed by atoms with Crippen LogP contribution >= 0.6 is 0 Å². The minimum Gasteiger partial charge on any atom is -0.477 e. The number of aromatic carboxylic acids is 1. The van der Waals surface area contributed by atoms with Gasteiger partial charge in [-0.25, -0.2) is 24.4 Å². The standard InChI is InChI=1S/C7H5N5O2/c13-7(14)5-1-8-2-10-6(5)12-4-9-3-11-12/h1-4H,(H,13,14). The van der Waals surface area contributed by atoms with Gasteiger partial charge in [-0.15, -0.1) is 0 Å². The molecule has 0 unspecified atom stereocenters. The maximum absolute atomic E-state index is 10.8. The Hall–Kier alpha value is -2.31. The average molecular weight is 191 g/mol. The molecule has 0 aromatic carbocycles. The SMILES string of the molecule is O=C(O)c1cncnc1-n1cncn1. The molecule has 0 amide bonds. The van der Waals surface area contributed by atoms with Crippen molar-refractivity contribution in [2.45, 2.75) is 0 Å². The van der Waals surface area contributed by atoms with E-state index in [9.17, 15) is 4.79 Å². The molecule has 0 spiro atoms. The maximum Gasteiger partial charge on any atom is 0.341 e. The van der Waals surface area contributed by atoms with Crippen molar-refractivity contribution in [3.63, 3.8) is 0 Å². The zero-order valence-corrected chi connectivity index (χ0v) is 6.90. The quantitative estimate of drug-likeness (QED) is 0.703. The highest BCUT2D eigenvalue weighted by Crippen LogP contribution is 2.07. The Morgan fingerprint density at radius 2 is 2.21 bits per heavy atom. The summed E-state index contributed by atoms with van der Waals surface area (Å²) in [5.74, 6) is -0.902. The van der Waals surface area contributed by atoms with E-state index in [0.29, 0.717) is 0 Å². The second-order valence-electron chi connectivity index (χ2n) is 2.41. The molecular formula is C7H5N5O2. The molecular weight excluding hydrogens is 186 g/mol. The molecule has 0 fully saturated rings. The lowest BCUT2D eigenvalue weighted by atomic mass is 10.3. The van der Waals surface area contributed by atoms with E-state index in [0.717, 1.165) is 0 Å². The van der Waals surface area contributed by atoms with Crippen LogP contribution in [0.4, 0.5) is 0 Å². The molecule has 2 heterocycles. The van der Waals surface area contributed by atoms with Crippen LogP contribution < -0.4 is 0 Å². The van der Waals surface area contributed by atoms with E-state index < -0.39 is 5.97 Å². The summed E-state index contributed by atoms with van der Waals surface area (Å²) in [6.07, 6.45) is 5.14. The summed E-state index contributed by atoms with van der Waals surface area (Å²) in [5, 5.41) is 12.6. The van der Waals surface area contributed by atoms with Gasteiger partial charge >= 0.3 is 5.97 Å². The Morgan fingerprint density at radius 3 is 2.86 bits per heavy atom. The van der Waals surface area contributed by atoms with E-state index in [4.69, 9.17) is 5.11 Å². The molecule has 0 saturated heterocycles. The van der Waals surface area contributed by atoms with E-state index in [1.807, 2.05) is 0 Å². The largest absolute Gasteiger partial charge is 0.477 e. The number of nitrogens with zero attached hydrogens (tertiary/aromatic N) is 5. The van der Waals surface area contributed by atoms with Crippen LogP contribution in [0.15, 0.2) is 25.2 Å². The molecule has 0 aliphatic heterocycles. The number of carboxylic acids is 1. The summed E-state index contributed by atoms with van der Waals surface area (Å²) in [7, 11) is 0. The lowest BCUT2D eigenvalue weighted by Crippen LogP contribution is -2.08. The number of rotatable bonds is 2. The van der Waals surface area contributed by atoms with E-state index in [1.54, 1.807) is 0 Å². The van der Waals surface area contributed by atoms with E-state index in [2.05, 4.69) is 20.1 Å². The van der Waals surface area contributed by atoms with Crippen molar-refractivity contribution in [3.05, 3.63) is 30.7 Å². The highest BCUT2D eigenvalue weighted by Gasteiger charge is 2.12. The van der Waals surface area contributed by atoms with E-state index in [-0.39, 0.29) is 11.4 Å². The first-order chi connectivity index (χ1) is 6.79. The summed E-state index contributed by atoms with van der Waals surface area (Å²) in [5.41, 5.74) is -0.0157. The molecule has 7 heteroatoms. The monoisotopic (exact) mass is 191 g/mol. The predicted molar refractivity (Wildman–Crippen MR) is 43.9 cm³/mol. The van der Waals surface area contributed by atoms with Crippen molar-refractivity contribution in [1.29, 1.82) is 0 Å². The third-order valence-corrected chi connectivity index (χ3v) is 1.56. The van der Waals surface area contributed by atoms with Crippen molar-refractivity contribution in [2.75, 3.05) is 0 Å². The van der Waals surface area contributed by atoms with Gasteiger partial charge < -0.3 is 5.11 Å². The smallest absolute Gasteiger partial charge is 0.341 e. The molecule has 0 atom stereocenters. The fourth-order valence-electron chi connectivity index (χ4n) is 0.974. The summed E-state index contributed by atoms with van der Waals surface area (Å²) in [6.45, 7) is 0. The van der Waals surface area contributed by atoms with Crippen LogP contribution in [0.5, 0.6) is 0 Å². The molecule has 0 bridgehead atoms. The Balaban J connectivity index is 2.58. The predicted octanol–water partition coefficient (Wildman–Crippen LogP) is -0.244. The van der Waals surface area contributed by atoms with Gasteiger partial charge in [-0.05, 0) is 0 Å². The van der Waals surface area contributed by atoms with Gasteiger partial charge in [0.05, 0.1) is 0 Å². The normalized spacial score (nSPS) is 10.0. The van der Waals surface area contributed by atoms with Crippen LogP contribution in [0.2, 0.25) is 0 Å². The summed E-state index contributed by atoms with van der Waals surface area (Å²) < 4.78 is 1.27. The topological polar surface area (TPSA) is 93.8 Å². The van der Waals surface area contributed by atoms with Gasteiger partial charge in [-0.2, -0.15) is 5.10 Å². The van der Waals surface area contributed by atoms with Gasteiger partial charge in [0, 0.05) is 6.20 Å². The van der Waals surface area contributed by atoms with Crippen LogP contribution in [-0.2, 0) is 0 Å². The first-order valence-electron chi connectivity index (χ1n) is 3.67. The minimum atomic E-state index is -1.10. The van der Waals surface area contributed by atoms with E-state index in [1.165, 1.54) is 29.9 Å².